The molecule has 3 rings (SSSR count). The number of thiophene rings is 1. The third-order valence-corrected chi connectivity index (χ3v) is 5.78. The van der Waals surface area contributed by atoms with E-state index in [1.807, 2.05) is 0 Å². The molecule has 0 saturated heterocycles. The van der Waals surface area contributed by atoms with Gasteiger partial charge in [0.2, 0.25) is 0 Å². The van der Waals surface area contributed by atoms with Crippen LogP contribution < -0.4 is 10.9 Å². The van der Waals surface area contributed by atoms with E-state index in [4.69, 9.17) is 0 Å². The van der Waals surface area contributed by atoms with Gasteiger partial charge in [-0.15, -0.1) is 11.3 Å². The number of hydrogen-bond acceptors (Lipinski definition) is 5. The normalized spacial score (nSPS) is 17.3. The molecule has 7 heteroatoms. The topological polar surface area (TPSA) is 84.2 Å². The number of nitrogens with zero attached hydrogens (tertiary/aromatic N) is 2. The lowest BCUT2D eigenvalue weighted by atomic mass is 9.85. The molecule has 0 atom stereocenters. The van der Waals surface area contributed by atoms with E-state index < -0.39 is 5.60 Å². The summed E-state index contributed by atoms with van der Waals surface area (Å²) in [4.78, 5) is 30.0. The molecule has 0 unspecified atom stereocenters. The maximum absolute atomic E-state index is 12.5. The molecule has 2 aromatic rings. The molecule has 1 aliphatic carbocycles. The summed E-state index contributed by atoms with van der Waals surface area (Å²) >= 11 is 1.22. The Morgan fingerprint density at radius 2 is 2.13 bits per heavy atom. The number of aliphatic hydroxyl groups is 1. The summed E-state index contributed by atoms with van der Waals surface area (Å²) in [5, 5.41) is 13.8. The zero-order valence-corrected chi connectivity index (χ0v) is 14.2. The number of rotatable bonds is 3. The molecule has 0 spiro atoms. The van der Waals surface area contributed by atoms with Crippen molar-refractivity contribution >= 4 is 27.5 Å². The van der Waals surface area contributed by atoms with Gasteiger partial charge in [0.15, 0.2) is 0 Å². The Kier molecular flexibility index (Phi) is 4.25. The first-order valence-corrected chi connectivity index (χ1v) is 8.68. The highest BCUT2D eigenvalue weighted by Gasteiger charge is 2.30. The van der Waals surface area contributed by atoms with Gasteiger partial charge < -0.3 is 15.0 Å². The third kappa shape index (κ3) is 3.03. The molecular formula is C16H21N3O3S. The fraction of sp³-hybridized carbons (Fsp3) is 0.562. The minimum Gasteiger partial charge on any atom is -0.388 e. The molecule has 0 bridgehead atoms. The van der Waals surface area contributed by atoms with Gasteiger partial charge in [-0.2, -0.15) is 0 Å². The highest BCUT2D eigenvalue weighted by atomic mass is 32.1. The van der Waals surface area contributed by atoms with Gasteiger partial charge in [-0.05, 0) is 25.3 Å². The van der Waals surface area contributed by atoms with Crippen LogP contribution in [-0.2, 0) is 7.05 Å². The molecule has 6 nitrogen and oxygen atoms in total. The summed E-state index contributed by atoms with van der Waals surface area (Å²) in [6.45, 7) is 2.02. The predicted octanol–water partition coefficient (Wildman–Crippen LogP) is 1.73. The van der Waals surface area contributed by atoms with Crippen molar-refractivity contribution in [3.63, 3.8) is 0 Å². The van der Waals surface area contributed by atoms with Crippen LogP contribution in [0.25, 0.3) is 10.2 Å². The Balaban J connectivity index is 1.83. The Labute approximate surface area is 138 Å². The monoisotopic (exact) mass is 335 g/mol. The molecule has 1 fully saturated rings. The van der Waals surface area contributed by atoms with Crippen LogP contribution in [0.1, 0.15) is 47.3 Å². The summed E-state index contributed by atoms with van der Waals surface area (Å²) < 4.78 is 1.41. The SMILES string of the molecule is Cc1c(C(=O)NCC2(O)CCCCC2)sc2ncn(C)c(=O)c12. The molecule has 0 radical (unpaired) electrons. The number of aryl methyl sites for hydroxylation is 2. The van der Waals surface area contributed by atoms with Crippen molar-refractivity contribution in [3.8, 4) is 0 Å². The number of carbonyl (C=O) groups is 1. The maximum atomic E-state index is 12.5. The van der Waals surface area contributed by atoms with Crippen molar-refractivity contribution in [2.24, 2.45) is 7.05 Å². The van der Waals surface area contributed by atoms with E-state index in [1.54, 1.807) is 14.0 Å². The molecule has 0 aromatic carbocycles. The Bertz CT molecular complexity index is 803. The van der Waals surface area contributed by atoms with Crippen LogP contribution in [0.2, 0.25) is 0 Å². The van der Waals surface area contributed by atoms with Crippen LogP contribution in [0.4, 0.5) is 0 Å². The molecule has 23 heavy (non-hydrogen) atoms. The first-order chi connectivity index (χ1) is 10.9. The lowest BCUT2D eigenvalue weighted by Crippen LogP contribution is -2.44. The van der Waals surface area contributed by atoms with E-state index in [9.17, 15) is 14.7 Å². The zero-order valence-electron chi connectivity index (χ0n) is 13.4. The minimum atomic E-state index is -0.799. The molecule has 1 aliphatic rings. The van der Waals surface area contributed by atoms with Gasteiger partial charge >= 0.3 is 0 Å². The molecule has 2 heterocycles. The van der Waals surface area contributed by atoms with Crippen LogP contribution in [0.15, 0.2) is 11.1 Å². The summed E-state index contributed by atoms with van der Waals surface area (Å²) in [7, 11) is 1.64. The molecule has 2 aromatic heterocycles. The number of fused-ring (bicyclic) bond motifs is 1. The van der Waals surface area contributed by atoms with Gasteiger partial charge in [0, 0.05) is 13.6 Å². The third-order valence-electron chi connectivity index (χ3n) is 4.58. The quantitative estimate of drug-likeness (QED) is 0.895. The number of amides is 1. The summed E-state index contributed by atoms with van der Waals surface area (Å²) in [6, 6.07) is 0. The molecular weight excluding hydrogens is 314 g/mol. The minimum absolute atomic E-state index is 0.145. The summed E-state index contributed by atoms with van der Waals surface area (Å²) in [5.74, 6) is -0.244. The average Bonchev–Trinajstić information content (AvgIpc) is 2.87. The number of hydrogen-bond donors (Lipinski definition) is 2. The van der Waals surface area contributed by atoms with E-state index in [0.717, 1.165) is 32.1 Å². The molecule has 0 aliphatic heterocycles. The second-order valence-corrected chi connectivity index (χ2v) is 7.36. The van der Waals surface area contributed by atoms with Crippen molar-refractivity contribution in [3.05, 3.63) is 27.1 Å². The Morgan fingerprint density at radius 1 is 1.43 bits per heavy atom. The second-order valence-electron chi connectivity index (χ2n) is 6.36. The fourth-order valence-electron chi connectivity index (χ4n) is 3.14. The standard InChI is InChI=1S/C16H21N3O3S/c1-10-11-14(18-9-19(2)15(11)21)23-12(10)13(20)17-8-16(22)6-4-3-5-7-16/h9,22H,3-8H2,1-2H3,(H,17,20). The fourth-order valence-corrected chi connectivity index (χ4v) is 4.19. The van der Waals surface area contributed by atoms with Crippen molar-refractivity contribution in [1.29, 1.82) is 0 Å². The van der Waals surface area contributed by atoms with Crippen LogP contribution in [0.3, 0.4) is 0 Å². The van der Waals surface area contributed by atoms with Crippen LogP contribution in [-0.4, -0.2) is 32.7 Å². The van der Waals surface area contributed by atoms with Crippen molar-refractivity contribution < 1.29 is 9.90 Å². The highest BCUT2D eigenvalue weighted by Crippen LogP contribution is 2.29. The van der Waals surface area contributed by atoms with E-state index in [2.05, 4.69) is 10.3 Å². The number of aromatic nitrogens is 2. The van der Waals surface area contributed by atoms with Gasteiger partial charge in [-0.25, -0.2) is 4.98 Å². The van der Waals surface area contributed by atoms with E-state index in [1.165, 1.54) is 22.2 Å². The summed E-state index contributed by atoms with van der Waals surface area (Å²) in [6.07, 6.45) is 6.04. The molecule has 1 saturated carbocycles. The van der Waals surface area contributed by atoms with Crippen molar-refractivity contribution in [2.45, 2.75) is 44.6 Å². The van der Waals surface area contributed by atoms with Crippen molar-refractivity contribution in [2.75, 3.05) is 6.54 Å². The van der Waals surface area contributed by atoms with Crippen LogP contribution in [0, 0.1) is 6.92 Å². The first-order valence-electron chi connectivity index (χ1n) is 7.87. The first kappa shape index (κ1) is 16.1. The number of nitrogens with one attached hydrogen (secondary N) is 1. The van der Waals surface area contributed by atoms with Gasteiger partial charge in [0.05, 0.1) is 22.2 Å². The van der Waals surface area contributed by atoms with Gasteiger partial charge in [0.1, 0.15) is 4.83 Å². The van der Waals surface area contributed by atoms with Crippen LogP contribution in [0.5, 0.6) is 0 Å². The largest absolute Gasteiger partial charge is 0.388 e. The van der Waals surface area contributed by atoms with E-state index >= 15 is 0 Å². The van der Waals surface area contributed by atoms with Gasteiger partial charge in [-0.1, -0.05) is 19.3 Å². The van der Waals surface area contributed by atoms with Gasteiger partial charge in [0.25, 0.3) is 11.5 Å². The lowest BCUT2D eigenvalue weighted by molar-refractivity contribution is 0.00529. The Morgan fingerprint density at radius 3 is 2.83 bits per heavy atom. The molecule has 124 valence electrons. The zero-order chi connectivity index (χ0) is 16.6. The van der Waals surface area contributed by atoms with E-state index in [-0.39, 0.29) is 18.0 Å². The van der Waals surface area contributed by atoms with Crippen molar-refractivity contribution in [1.82, 2.24) is 14.9 Å². The average molecular weight is 335 g/mol. The van der Waals surface area contributed by atoms with Crippen LogP contribution >= 0.6 is 11.3 Å². The molecule has 1 amide bonds. The van der Waals surface area contributed by atoms with E-state index in [0.29, 0.717) is 20.7 Å². The number of carbonyl (C=O) groups excluding carboxylic acids is 1. The maximum Gasteiger partial charge on any atom is 0.262 e. The van der Waals surface area contributed by atoms with Gasteiger partial charge in [-0.3, -0.25) is 9.59 Å². The Hall–Kier alpha value is -1.73. The summed E-state index contributed by atoms with van der Waals surface area (Å²) in [5.41, 5.74) is -0.284. The second kappa shape index (κ2) is 6.05. The smallest absolute Gasteiger partial charge is 0.262 e. The predicted molar refractivity (Wildman–Crippen MR) is 90.0 cm³/mol. The lowest BCUT2D eigenvalue weighted by Gasteiger charge is -2.32. The highest BCUT2D eigenvalue weighted by molar-refractivity contribution is 7.20. The molecule has 2 N–H and O–H groups in total.